The largest absolute Gasteiger partial charge is 0.394 e. The molecule has 96 valence electrons. The van der Waals surface area contributed by atoms with E-state index in [1.54, 1.807) is 5.38 Å². The number of hydrogen-bond donors (Lipinski definition) is 3. The van der Waals surface area contributed by atoms with Crippen molar-refractivity contribution in [3.63, 3.8) is 0 Å². The Morgan fingerprint density at radius 3 is 2.82 bits per heavy atom. The van der Waals surface area contributed by atoms with Crippen LogP contribution >= 0.6 is 11.3 Å². The summed E-state index contributed by atoms with van der Waals surface area (Å²) in [6, 6.07) is -0.182. The van der Waals surface area contributed by atoms with Gasteiger partial charge < -0.3 is 16.2 Å². The summed E-state index contributed by atoms with van der Waals surface area (Å²) in [5.41, 5.74) is 6.16. The predicted molar refractivity (Wildman–Crippen MR) is 68.7 cm³/mol. The van der Waals surface area contributed by atoms with Crippen molar-refractivity contribution in [2.24, 2.45) is 5.92 Å². The number of nitrogens with one attached hydrogen (secondary N) is 1. The van der Waals surface area contributed by atoms with Gasteiger partial charge in [0, 0.05) is 5.38 Å². The average Bonchev–Trinajstić information content (AvgIpc) is 2.62. The maximum Gasteiger partial charge on any atom is 0.226 e. The number of aromatic nitrogens is 1. The van der Waals surface area contributed by atoms with Crippen molar-refractivity contribution in [2.75, 3.05) is 12.3 Å². The maximum atomic E-state index is 11.7. The molecule has 6 heteroatoms. The molecule has 0 aliphatic rings. The van der Waals surface area contributed by atoms with Crippen LogP contribution in [0.4, 0.5) is 5.13 Å². The number of rotatable bonds is 6. The van der Waals surface area contributed by atoms with Crippen molar-refractivity contribution in [3.8, 4) is 0 Å². The molecule has 0 aliphatic heterocycles. The van der Waals surface area contributed by atoms with E-state index < -0.39 is 0 Å². The molecule has 1 heterocycles. The van der Waals surface area contributed by atoms with Crippen molar-refractivity contribution < 1.29 is 9.90 Å². The predicted octanol–water partition coefficient (Wildman–Crippen LogP) is 0.791. The lowest BCUT2D eigenvalue weighted by Gasteiger charge is -2.17. The molecule has 1 unspecified atom stereocenters. The average molecular weight is 257 g/mol. The highest BCUT2D eigenvalue weighted by Gasteiger charge is 2.14. The minimum Gasteiger partial charge on any atom is -0.394 e. The zero-order chi connectivity index (χ0) is 12.8. The Labute approximate surface area is 105 Å². The molecule has 0 spiro atoms. The number of nitrogen functional groups attached to an aromatic ring is 1. The Kier molecular flexibility index (Phi) is 5.37. The van der Waals surface area contributed by atoms with Crippen LogP contribution in [0, 0.1) is 5.92 Å². The van der Waals surface area contributed by atoms with Gasteiger partial charge in [-0.3, -0.25) is 4.79 Å². The summed E-state index contributed by atoms with van der Waals surface area (Å²) in [6.07, 6.45) is 0.976. The van der Waals surface area contributed by atoms with E-state index in [9.17, 15) is 4.79 Å². The van der Waals surface area contributed by atoms with Crippen LogP contribution in [0.25, 0.3) is 0 Å². The Morgan fingerprint density at radius 1 is 1.65 bits per heavy atom. The van der Waals surface area contributed by atoms with E-state index in [0.717, 1.165) is 6.42 Å². The van der Waals surface area contributed by atoms with E-state index >= 15 is 0 Å². The second-order valence-corrected chi connectivity index (χ2v) is 5.32. The van der Waals surface area contributed by atoms with Crippen molar-refractivity contribution >= 4 is 22.4 Å². The minimum absolute atomic E-state index is 0.0386. The first kappa shape index (κ1) is 13.9. The van der Waals surface area contributed by atoms with Crippen LogP contribution in [-0.4, -0.2) is 28.6 Å². The van der Waals surface area contributed by atoms with Gasteiger partial charge in [-0.25, -0.2) is 4.98 Å². The number of anilines is 1. The second-order valence-electron chi connectivity index (χ2n) is 4.43. The highest BCUT2D eigenvalue weighted by atomic mass is 32.1. The highest BCUT2D eigenvalue weighted by molar-refractivity contribution is 7.13. The first-order valence-electron chi connectivity index (χ1n) is 5.61. The summed E-state index contributed by atoms with van der Waals surface area (Å²) < 4.78 is 0. The number of hydrogen-bond acceptors (Lipinski definition) is 5. The molecule has 4 N–H and O–H groups in total. The van der Waals surface area contributed by atoms with Crippen molar-refractivity contribution in [3.05, 3.63) is 11.1 Å². The molecule has 17 heavy (non-hydrogen) atoms. The molecular weight excluding hydrogens is 238 g/mol. The van der Waals surface area contributed by atoms with Crippen LogP contribution in [0.2, 0.25) is 0 Å². The summed E-state index contributed by atoms with van der Waals surface area (Å²) in [7, 11) is 0. The zero-order valence-electron chi connectivity index (χ0n) is 10.1. The number of carbonyl (C=O) groups excluding carboxylic acids is 1. The molecule has 0 saturated heterocycles. The van der Waals surface area contributed by atoms with Gasteiger partial charge in [-0.15, -0.1) is 11.3 Å². The lowest BCUT2D eigenvalue weighted by atomic mass is 10.0. The monoisotopic (exact) mass is 257 g/mol. The fraction of sp³-hybridized carbons (Fsp3) is 0.636. The smallest absolute Gasteiger partial charge is 0.226 e. The van der Waals surface area contributed by atoms with Crippen LogP contribution < -0.4 is 11.1 Å². The fourth-order valence-corrected chi connectivity index (χ4v) is 2.16. The first-order valence-corrected chi connectivity index (χ1v) is 6.49. The van der Waals surface area contributed by atoms with E-state index in [-0.39, 0.29) is 25.0 Å². The maximum absolute atomic E-state index is 11.7. The van der Waals surface area contributed by atoms with Gasteiger partial charge in [0.25, 0.3) is 0 Å². The number of amides is 1. The Balaban J connectivity index is 2.42. The van der Waals surface area contributed by atoms with Gasteiger partial charge in [-0.2, -0.15) is 0 Å². The molecule has 0 saturated carbocycles. The van der Waals surface area contributed by atoms with Crippen molar-refractivity contribution in [1.29, 1.82) is 0 Å². The molecule has 0 aliphatic carbocycles. The van der Waals surface area contributed by atoms with E-state index in [1.807, 2.05) is 0 Å². The van der Waals surface area contributed by atoms with Crippen LogP contribution in [0.1, 0.15) is 26.0 Å². The molecule has 1 aromatic rings. The molecule has 1 rings (SSSR count). The molecule has 0 bridgehead atoms. The summed E-state index contributed by atoms with van der Waals surface area (Å²) in [6.45, 7) is 4.06. The molecule has 1 amide bonds. The van der Waals surface area contributed by atoms with Gasteiger partial charge in [-0.1, -0.05) is 13.8 Å². The number of aliphatic hydroxyl groups excluding tert-OH is 1. The first-order chi connectivity index (χ1) is 8.01. The lowest BCUT2D eigenvalue weighted by molar-refractivity contribution is -0.121. The number of nitrogens with zero attached hydrogens (tertiary/aromatic N) is 1. The molecule has 1 atom stereocenters. The zero-order valence-corrected chi connectivity index (χ0v) is 11.0. The van der Waals surface area contributed by atoms with Gasteiger partial charge >= 0.3 is 0 Å². The Morgan fingerprint density at radius 2 is 2.35 bits per heavy atom. The van der Waals surface area contributed by atoms with Crippen LogP contribution in [-0.2, 0) is 11.2 Å². The molecule has 0 radical (unpaired) electrons. The summed E-state index contributed by atoms with van der Waals surface area (Å²) >= 11 is 1.32. The topological polar surface area (TPSA) is 88.2 Å². The molecule has 1 aromatic heterocycles. The third kappa shape index (κ3) is 5.14. The third-order valence-corrected chi connectivity index (χ3v) is 2.98. The molecular formula is C11H19N3O2S. The normalized spacial score (nSPS) is 12.7. The van der Waals surface area contributed by atoms with E-state index in [1.165, 1.54) is 11.3 Å². The molecule has 0 fully saturated rings. The van der Waals surface area contributed by atoms with Crippen LogP contribution in [0.3, 0.4) is 0 Å². The van der Waals surface area contributed by atoms with Crippen molar-refractivity contribution in [2.45, 2.75) is 32.7 Å². The fourth-order valence-electron chi connectivity index (χ4n) is 1.60. The number of carbonyl (C=O) groups is 1. The summed E-state index contributed by atoms with van der Waals surface area (Å²) in [5.74, 6) is 0.303. The number of aliphatic hydroxyl groups is 1. The quantitative estimate of drug-likeness (QED) is 0.703. The van der Waals surface area contributed by atoms with Gasteiger partial charge in [-0.05, 0) is 12.3 Å². The highest BCUT2D eigenvalue weighted by Crippen LogP contribution is 2.11. The standard InChI is InChI=1S/C11H19N3O2S/c1-7(2)3-8(5-15)13-10(16)4-9-6-17-11(12)14-9/h6-8,15H,3-5H2,1-2H3,(H2,12,14)(H,13,16). The summed E-state index contributed by atoms with van der Waals surface area (Å²) in [4.78, 5) is 15.7. The van der Waals surface area contributed by atoms with Crippen molar-refractivity contribution in [1.82, 2.24) is 10.3 Å². The van der Waals surface area contributed by atoms with Crippen LogP contribution in [0.5, 0.6) is 0 Å². The van der Waals surface area contributed by atoms with Gasteiger partial charge in [0.15, 0.2) is 5.13 Å². The third-order valence-electron chi connectivity index (χ3n) is 2.25. The number of nitrogens with two attached hydrogens (primary N) is 1. The van der Waals surface area contributed by atoms with E-state index in [0.29, 0.717) is 16.7 Å². The van der Waals surface area contributed by atoms with Gasteiger partial charge in [0.2, 0.25) is 5.91 Å². The SMILES string of the molecule is CC(C)CC(CO)NC(=O)Cc1csc(N)n1. The second kappa shape index (κ2) is 6.56. The lowest BCUT2D eigenvalue weighted by Crippen LogP contribution is -2.39. The van der Waals surface area contributed by atoms with Gasteiger partial charge in [0.05, 0.1) is 24.8 Å². The number of thiazole rings is 1. The van der Waals surface area contributed by atoms with E-state index in [2.05, 4.69) is 24.1 Å². The van der Waals surface area contributed by atoms with E-state index in [4.69, 9.17) is 10.8 Å². The molecule has 5 nitrogen and oxygen atoms in total. The van der Waals surface area contributed by atoms with Gasteiger partial charge in [0.1, 0.15) is 0 Å². The summed E-state index contributed by atoms with van der Waals surface area (Å²) in [5, 5.41) is 14.2. The minimum atomic E-state index is -0.182. The Bertz CT molecular complexity index is 365. The van der Waals surface area contributed by atoms with Crippen LogP contribution in [0.15, 0.2) is 5.38 Å². The molecule has 0 aromatic carbocycles. The Hall–Kier alpha value is -1.14.